The zero-order valence-corrected chi connectivity index (χ0v) is 17.3. The molecule has 1 aliphatic rings. The van der Waals surface area contributed by atoms with E-state index in [0.717, 1.165) is 16.5 Å². The number of nitrogens with one attached hydrogen (secondary N) is 1. The summed E-state index contributed by atoms with van der Waals surface area (Å²) in [7, 11) is 0. The molecule has 30 heavy (non-hydrogen) atoms. The molecule has 3 aromatic rings. The topological polar surface area (TPSA) is 86.9 Å². The standard InChI is InChI=1S/C20H24F2N6O2/c1-11(12-5-16(29)23-7-12)30-18-17-15(24-10-27(17)19(21)22)6-14(26-18)13-8-25-28(9-13)20(2,3)4/h6,8-12,19H,5,7H2,1-4H3,(H,23,29)/t11-,12-/m1/s1. The Morgan fingerprint density at radius 1 is 1.33 bits per heavy atom. The molecule has 0 unspecified atom stereocenters. The number of fused-ring (bicyclic) bond motifs is 1. The van der Waals surface area contributed by atoms with E-state index >= 15 is 0 Å². The molecule has 3 aromatic heterocycles. The van der Waals surface area contributed by atoms with Crippen LogP contribution in [0.4, 0.5) is 8.78 Å². The first-order chi connectivity index (χ1) is 14.1. The maximum atomic E-state index is 13.5. The van der Waals surface area contributed by atoms with E-state index in [9.17, 15) is 13.6 Å². The minimum atomic E-state index is -2.78. The van der Waals surface area contributed by atoms with Crippen molar-refractivity contribution in [2.45, 2.75) is 52.3 Å². The number of hydrogen-bond donors (Lipinski definition) is 1. The molecule has 0 aliphatic carbocycles. The van der Waals surface area contributed by atoms with Crippen LogP contribution in [-0.2, 0) is 10.3 Å². The van der Waals surface area contributed by atoms with E-state index in [2.05, 4.69) is 20.4 Å². The van der Waals surface area contributed by atoms with Gasteiger partial charge in [0, 0.05) is 30.6 Å². The minimum absolute atomic E-state index is 0.0467. The lowest BCUT2D eigenvalue weighted by Gasteiger charge is -2.20. The van der Waals surface area contributed by atoms with E-state index in [1.807, 2.05) is 38.6 Å². The molecule has 0 spiro atoms. The van der Waals surface area contributed by atoms with Gasteiger partial charge in [-0.25, -0.2) is 9.97 Å². The normalized spacial score (nSPS) is 18.2. The van der Waals surface area contributed by atoms with Gasteiger partial charge in [0.05, 0.1) is 22.9 Å². The fourth-order valence-corrected chi connectivity index (χ4v) is 3.46. The van der Waals surface area contributed by atoms with Gasteiger partial charge in [-0.2, -0.15) is 13.9 Å². The van der Waals surface area contributed by atoms with E-state index < -0.39 is 12.7 Å². The summed E-state index contributed by atoms with van der Waals surface area (Å²) in [5, 5.41) is 7.15. The summed E-state index contributed by atoms with van der Waals surface area (Å²) in [5.41, 5.74) is 1.52. The molecular formula is C20H24F2N6O2. The molecule has 160 valence electrons. The van der Waals surface area contributed by atoms with Crippen molar-refractivity contribution in [3.05, 3.63) is 24.8 Å². The molecular weight excluding hydrogens is 394 g/mol. The maximum absolute atomic E-state index is 13.5. The van der Waals surface area contributed by atoms with Crippen LogP contribution in [0.25, 0.3) is 22.3 Å². The van der Waals surface area contributed by atoms with Crippen molar-refractivity contribution in [3.63, 3.8) is 0 Å². The molecule has 0 saturated carbocycles. The molecule has 4 heterocycles. The Labute approximate surface area is 172 Å². The Morgan fingerprint density at radius 3 is 2.70 bits per heavy atom. The van der Waals surface area contributed by atoms with Crippen molar-refractivity contribution >= 4 is 16.9 Å². The van der Waals surface area contributed by atoms with Crippen LogP contribution >= 0.6 is 0 Å². The fraction of sp³-hybridized carbons (Fsp3) is 0.500. The minimum Gasteiger partial charge on any atom is -0.473 e. The average Bonchev–Trinajstić information content (AvgIpc) is 3.39. The number of carbonyl (C=O) groups is 1. The number of amides is 1. The van der Waals surface area contributed by atoms with E-state index in [1.165, 1.54) is 0 Å². The Hall–Kier alpha value is -3.04. The Morgan fingerprint density at radius 2 is 2.10 bits per heavy atom. The molecule has 4 rings (SSSR count). The van der Waals surface area contributed by atoms with Crippen LogP contribution in [0.1, 0.15) is 40.7 Å². The highest BCUT2D eigenvalue weighted by molar-refractivity contribution is 5.84. The summed E-state index contributed by atoms with van der Waals surface area (Å²) in [5.74, 6) is -0.0465. The van der Waals surface area contributed by atoms with Gasteiger partial charge in [-0.05, 0) is 33.8 Å². The van der Waals surface area contributed by atoms with Gasteiger partial charge in [-0.3, -0.25) is 14.0 Å². The zero-order valence-electron chi connectivity index (χ0n) is 17.3. The van der Waals surface area contributed by atoms with Gasteiger partial charge < -0.3 is 10.1 Å². The van der Waals surface area contributed by atoms with E-state index in [-0.39, 0.29) is 28.8 Å². The number of pyridine rings is 1. The van der Waals surface area contributed by atoms with Crippen molar-refractivity contribution in [3.8, 4) is 17.1 Å². The average molecular weight is 418 g/mol. The first kappa shape index (κ1) is 20.2. The third-order valence-corrected chi connectivity index (χ3v) is 5.27. The van der Waals surface area contributed by atoms with Gasteiger partial charge >= 0.3 is 6.55 Å². The molecule has 1 fully saturated rings. The van der Waals surface area contributed by atoms with Crippen LogP contribution in [0, 0.1) is 5.92 Å². The third-order valence-electron chi connectivity index (χ3n) is 5.27. The van der Waals surface area contributed by atoms with Crippen molar-refractivity contribution in [1.82, 2.24) is 29.6 Å². The smallest absolute Gasteiger partial charge is 0.320 e. The second kappa shape index (κ2) is 7.33. The van der Waals surface area contributed by atoms with Gasteiger partial charge in [0.1, 0.15) is 17.9 Å². The van der Waals surface area contributed by atoms with Crippen molar-refractivity contribution in [2.24, 2.45) is 5.92 Å². The van der Waals surface area contributed by atoms with Crippen molar-refractivity contribution < 1.29 is 18.3 Å². The summed E-state index contributed by atoms with van der Waals surface area (Å²) in [4.78, 5) is 20.2. The Bertz CT molecular complexity index is 1080. The van der Waals surface area contributed by atoms with Crippen LogP contribution in [0.3, 0.4) is 0 Å². The van der Waals surface area contributed by atoms with Crippen LogP contribution in [0.2, 0.25) is 0 Å². The van der Waals surface area contributed by atoms with Gasteiger partial charge in [0.2, 0.25) is 11.8 Å². The highest BCUT2D eigenvalue weighted by atomic mass is 19.3. The Balaban J connectivity index is 1.76. The molecule has 1 saturated heterocycles. The van der Waals surface area contributed by atoms with Crippen LogP contribution < -0.4 is 10.1 Å². The van der Waals surface area contributed by atoms with E-state index in [1.54, 1.807) is 12.3 Å². The second-order valence-electron chi connectivity index (χ2n) is 8.55. The molecule has 1 N–H and O–H groups in total. The molecule has 10 heteroatoms. The van der Waals surface area contributed by atoms with Crippen LogP contribution in [0.5, 0.6) is 5.88 Å². The molecule has 1 amide bonds. The molecule has 0 aromatic carbocycles. The van der Waals surface area contributed by atoms with Gasteiger partial charge in [-0.1, -0.05) is 0 Å². The lowest BCUT2D eigenvalue weighted by Crippen LogP contribution is -2.26. The number of hydrogen-bond acceptors (Lipinski definition) is 5. The number of carbonyl (C=O) groups excluding carboxylic acids is 1. The quantitative estimate of drug-likeness (QED) is 0.687. The lowest BCUT2D eigenvalue weighted by molar-refractivity contribution is -0.119. The number of nitrogens with zero attached hydrogens (tertiary/aromatic N) is 5. The Kier molecular flexibility index (Phi) is 4.95. The maximum Gasteiger partial charge on any atom is 0.320 e. The predicted molar refractivity (Wildman–Crippen MR) is 106 cm³/mol. The number of aromatic nitrogens is 5. The summed E-state index contributed by atoms with van der Waals surface area (Å²) >= 11 is 0. The summed E-state index contributed by atoms with van der Waals surface area (Å²) < 4.78 is 35.6. The molecule has 0 bridgehead atoms. The third kappa shape index (κ3) is 3.73. The van der Waals surface area contributed by atoms with Crippen molar-refractivity contribution in [2.75, 3.05) is 6.54 Å². The number of ether oxygens (including phenoxy) is 1. The number of alkyl halides is 2. The summed E-state index contributed by atoms with van der Waals surface area (Å²) in [6.45, 7) is 5.59. The van der Waals surface area contributed by atoms with Crippen molar-refractivity contribution in [1.29, 1.82) is 0 Å². The van der Waals surface area contributed by atoms with Gasteiger partial charge in [0.25, 0.3) is 0 Å². The highest BCUT2D eigenvalue weighted by Crippen LogP contribution is 2.33. The second-order valence-corrected chi connectivity index (χ2v) is 8.55. The van der Waals surface area contributed by atoms with Crippen LogP contribution in [-0.4, -0.2) is 42.9 Å². The largest absolute Gasteiger partial charge is 0.473 e. The van der Waals surface area contributed by atoms with Crippen LogP contribution in [0.15, 0.2) is 24.8 Å². The predicted octanol–water partition coefficient (Wildman–Crippen LogP) is 3.35. The fourth-order valence-electron chi connectivity index (χ4n) is 3.46. The number of halogens is 2. The number of rotatable bonds is 5. The SMILES string of the molecule is C[C@@H](Oc1nc(-c2cnn(C(C)(C)C)c2)cc2ncn(C(F)F)c12)[C@H]1CNC(=O)C1. The summed E-state index contributed by atoms with van der Waals surface area (Å²) in [6.07, 6.45) is 4.54. The molecule has 0 radical (unpaired) electrons. The lowest BCUT2D eigenvalue weighted by atomic mass is 10.0. The van der Waals surface area contributed by atoms with E-state index in [4.69, 9.17) is 4.74 Å². The zero-order chi connectivity index (χ0) is 21.6. The monoisotopic (exact) mass is 418 g/mol. The first-order valence-corrected chi connectivity index (χ1v) is 9.78. The molecule has 8 nitrogen and oxygen atoms in total. The molecule has 1 aliphatic heterocycles. The van der Waals surface area contributed by atoms with Gasteiger partial charge in [-0.15, -0.1) is 0 Å². The number of imidazole rings is 1. The molecule has 2 atom stereocenters. The highest BCUT2D eigenvalue weighted by Gasteiger charge is 2.30. The van der Waals surface area contributed by atoms with E-state index in [0.29, 0.717) is 24.2 Å². The van der Waals surface area contributed by atoms with Gasteiger partial charge in [0.15, 0.2) is 0 Å². The summed E-state index contributed by atoms with van der Waals surface area (Å²) in [6, 6.07) is 1.65. The first-order valence-electron chi connectivity index (χ1n) is 9.78.